The van der Waals surface area contributed by atoms with E-state index < -0.39 is 0 Å². The molecule has 156 valence electrons. The number of nitrogens with one attached hydrogen (secondary N) is 1. The van der Waals surface area contributed by atoms with Crippen molar-refractivity contribution in [2.24, 2.45) is 0 Å². The maximum Gasteiger partial charge on any atom is 0.250 e. The van der Waals surface area contributed by atoms with Gasteiger partial charge < -0.3 is 14.8 Å². The largest absolute Gasteiger partial charge is 0.439 e. The smallest absolute Gasteiger partial charge is 0.250 e. The molecule has 0 unspecified atom stereocenters. The monoisotopic (exact) mass is 415 g/mol. The maximum absolute atomic E-state index is 12.1. The number of rotatable bonds is 8. The highest BCUT2D eigenvalue weighted by Gasteiger charge is 2.07. The minimum absolute atomic E-state index is 0.0233. The first-order chi connectivity index (χ1) is 15.2. The summed E-state index contributed by atoms with van der Waals surface area (Å²) in [7, 11) is 0. The lowest BCUT2D eigenvalue weighted by Gasteiger charge is -2.09. The highest BCUT2D eigenvalue weighted by molar-refractivity contribution is 5.91. The van der Waals surface area contributed by atoms with E-state index in [1.165, 1.54) is 6.33 Å². The predicted molar refractivity (Wildman–Crippen MR) is 115 cm³/mol. The first-order valence-electron chi connectivity index (χ1n) is 9.69. The van der Waals surface area contributed by atoms with Crippen LogP contribution in [0.3, 0.4) is 0 Å². The lowest BCUT2D eigenvalue weighted by atomic mass is 10.2. The van der Waals surface area contributed by atoms with Crippen molar-refractivity contribution in [3.8, 4) is 17.4 Å². The van der Waals surface area contributed by atoms with Gasteiger partial charge in [-0.2, -0.15) is 0 Å². The Balaban J connectivity index is 1.30. The summed E-state index contributed by atoms with van der Waals surface area (Å²) in [5.74, 6) is 2.26. The molecule has 0 spiro atoms. The molecule has 0 aliphatic heterocycles. The van der Waals surface area contributed by atoms with Crippen molar-refractivity contribution in [3.63, 3.8) is 0 Å². The van der Waals surface area contributed by atoms with Gasteiger partial charge in [0.2, 0.25) is 11.8 Å². The summed E-state index contributed by atoms with van der Waals surface area (Å²) in [5, 5.41) is 2.80. The van der Waals surface area contributed by atoms with Gasteiger partial charge in [0.15, 0.2) is 0 Å². The SMILES string of the molecule is Cc1nccn1-c1cc(Oc2ccc(NC(=O)COCc3ccccc3)cc2)ncn1. The zero-order chi connectivity index (χ0) is 21.5. The highest BCUT2D eigenvalue weighted by atomic mass is 16.5. The molecule has 4 rings (SSSR count). The first kappa shape index (κ1) is 20.2. The Morgan fingerprint density at radius 1 is 1.03 bits per heavy atom. The van der Waals surface area contributed by atoms with Gasteiger partial charge in [0, 0.05) is 24.1 Å². The van der Waals surface area contributed by atoms with E-state index in [0.29, 0.717) is 29.7 Å². The Bertz CT molecular complexity index is 1140. The summed E-state index contributed by atoms with van der Waals surface area (Å²) >= 11 is 0. The number of anilines is 1. The number of aryl methyl sites for hydroxylation is 1. The molecule has 0 saturated heterocycles. The van der Waals surface area contributed by atoms with E-state index >= 15 is 0 Å². The molecule has 1 N–H and O–H groups in total. The van der Waals surface area contributed by atoms with Gasteiger partial charge in [-0.1, -0.05) is 30.3 Å². The van der Waals surface area contributed by atoms with E-state index in [2.05, 4.69) is 20.3 Å². The Morgan fingerprint density at radius 2 is 1.84 bits per heavy atom. The van der Waals surface area contributed by atoms with Gasteiger partial charge in [-0.05, 0) is 36.8 Å². The minimum Gasteiger partial charge on any atom is -0.439 e. The van der Waals surface area contributed by atoms with Crippen LogP contribution in [0, 0.1) is 6.92 Å². The van der Waals surface area contributed by atoms with E-state index in [-0.39, 0.29) is 12.5 Å². The van der Waals surface area contributed by atoms with Crippen molar-refractivity contribution >= 4 is 11.6 Å². The van der Waals surface area contributed by atoms with Crippen molar-refractivity contribution in [3.05, 3.63) is 90.8 Å². The number of imidazole rings is 1. The van der Waals surface area contributed by atoms with E-state index in [1.807, 2.05) is 48.0 Å². The molecule has 4 aromatic rings. The zero-order valence-corrected chi connectivity index (χ0v) is 16.9. The number of amides is 1. The fourth-order valence-corrected chi connectivity index (χ4v) is 2.90. The third kappa shape index (κ3) is 5.52. The Labute approximate surface area is 179 Å². The molecule has 2 aromatic heterocycles. The maximum atomic E-state index is 12.1. The van der Waals surface area contributed by atoms with E-state index in [0.717, 1.165) is 11.4 Å². The summed E-state index contributed by atoms with van der Waals surface area (Å²) in [6.45, 7) is 2.26. The van der Waals surface area contributed by atoms with Crippen LogP contribution in [0.2, 0.25) is 0 Å². The second kappa shape index (κ2) is 9.64. The molecule has 0 aliphatic rings. The predicted octanol–water partition coefficient (Wildman–Crippen LogP) is 3.92. The summed E-state index contributed by atoms with van der Waals surface area (Å²) in [4.78, 5) is 24.7. The van der Waals surface area contributed by atoms with Crippen molar-refractivity contribution in [2.45, 2.75) is 13.5 Å². The fourth-order valence-electron chi connectivity index (χ4n) is 2.90. The topological polar surface area (TPSA) is 91.2 Å². The molecular weight excluding hydrogens is 394 g/mol. The molecular formula is C23H21N5O3. The Hall–Kier alpha value is -4.04. The van der Waals surface area contributed by atoms with Crippen LogP contribution in [-0.2, 0) is 16.1 Å². The molecule has 0 fully saturated rings. The van der Waals surface area contributed by atoms with E-state index in [1.54, 1.807) is 36.5 Å². The molecule has 8 heteroatoms. The Morgan fingerprint density at radius 3 is 2.58 bits per heavy atom. The summed E-state index contributed by atoms with van der Waals surface area (Å²) in [6, 6.07) is 18.5. The number of ether oxygens (including phenoxy) is 2. The fraction of sp³-hybridized carbons (Fsp3) is 0.130. The standard InChI is InChI=1S/C23H21N5O3/c1-17-24-11-12-28(17)21-13-23(26-16-25-21)31-20-9-7-19(8-10-20)27-22(29)15-30-14-18-5-3-2-4-6-18/h2-13,16H,14-15H2,1H3,(H,27,29). The highest BCUT2D eigenvalue weighted by Crippen LogP contribution is 2.22. The Kier molecular flexibility index (Phi) is 6.29. The van der Waals surface area contributed by atoms with Gasteiger partial charge in [-0.25, -0.2) is 15.0 Å². The number of hydrogen-bond donors (Lipinski definition) is 1. The average Bonchev–Trinajstić information content (AvgIpc) is 3.22. The van der Waals surface area contributed by atoms with Crippen molar-refractivity contribution < 1.29 is 14.3 Å². The van der Waals surface area contributed by atoms with Gasteiger partial charge in [0.1, 0.15) is 30.3 Å². The van der Waals surface area contributed by atoms with Crippen molar-refractivity contribution in [1.82, 2.24) is 19.5 Å². The van der Waals surface area contributed by atoms with Crippen LogP contribution in [0.25, 0.3) is 5.82 Å². The minimum atomic E-state index is -0.222. The van der Waals surface area contributed by atoms with Crippen LogP contribution < -0.4 is 10.1 Å². The van der Waals surface area contributed by atoms with Crippen LogP contribution in [0.4, 0.5) is 5.69 Å². The number of aromatic nitrogens is 4. The third-order valence-corrected chi connectivity index (χ3v) is 4.41. The number of hydrogen-bond acceptors (Lipinski definition) is 6. The molecule has 2 heterocycles. The zero-order valence-electron chi connectivity index (χ0n) is 16.9. The average molecular weight is 415 g/mol. The summed E-state index contributed by atoms with van der Waals surface area (Å²) in [5.41, 5.74) is 1.67. The van der Waals surface area contributed by atoms with Gasteiger partial charge in [0.25, 0.3) is 0 Å². The quantitative estimate of drug-likeness (QED) is 0.469. The molecule has 2 aromatic carbocycles. The molecule has 0 radical (unpaired) electrons. The molecule has 31 heavy (non-hydrogen) atoms. The number of carbonyl (C=O) groups excluding carboxylic acids is 1. The van der Waals surface area contributed by atoms with E-state index in [9.17, 15) is 4.79 Å². The summed E-state index contributed by atoms with van der Waals surface area (Å²) in [6.07, 6.45) is 4.97. The first-order valence-corrected chi connectivity index (χ1v) is 9.69. The molecule has 8 nitrogen and oxygen atoms in total. The van der Waals surface area contributed by atoms with Crippen molar-refractivity contribution in [2.75, 3.05) is 11.9 Å². The van der Waals surface area contributed by atoms with E-state index in [4.69, 9.17) is 9.47 Å². The molecule has 0 saturated carbocycles. The molecule has 1 amide bonds. The third-order valence-electron chi connectivity index (χ3n) is 4.41. The van der Waals surface area contributed by atoms with Crippen LogP contribution in [0.1, 0.15) is 11.4 Å². The van der Waals surface area contributed by atoms with Crippen LogP contribution in [0.5, 0.6) is 11.6 Å². The van der Waals surface area contributed by atoms with Crippen LogP contribution >= 0.6 is 0 Å². The summed E-state index contributed by atoms with van der Waals surface area (Å²) < 4.78 is 13.1. The second-order valence-corrected chi connectivity index (χ2v) is 6.71. The number of carbonyl (C=O) groups is 1. The van der Waals surface area contributed by atoms with Crippen molar-refractivity contribution in [1.29, 1.82) is 0 Å². The number of nitrogens with zero attached hydrogens (tertiary/aromatic N) is 4. The lowest BCUT2D eigenvalue weighted by Crippen LogP contribution is -2.18. The van der Waals surface area contributed by atoms with Gasteiger partial charge >= 0.3 is 0 Å². The molecule has 0 aliphatic carbocycles. The molecule has 0 atom stereocenters. The van der Waals surface area contributed by atoms with Crippen LogP contribution in [0.15, 0.2) is 79.4 Å². The normalized spacial score (nSPS) is 10.6. The molecule has 0 bridgehead atoms. The lowest BCUT2D eigenvalue weighted by molar-refractivity contribution is -0.121. The van der Waals surface area contributed by atoms with Gasteiger partial charge in [-0.15, -0.1) is 0 Å². The number of benzene rings is 2. The van der Waals surface area contributed by atoms with Crippen LogP contribution in [-0.4, -0.2) is 32.0 Å². The second-order valence-electron chi connectivity index (χ2n) is 6.71. The van der Waals surface area contributed by atoms with Gasteiger partial charge in [-0.3, -0.25) is 9.36 Å². The van der Waals surface area contributed by atoms with Gasteiger partial charge in [0.05, 0.1) is 6.61 Å².